The van der Waals surface area contributed by atoms with Crippen LogP contribution >= 0.6 is 0 Å². The van der Waals surface area contributed by atoms with Crippen molar-refractivity contribution < 1.29 is 0 Å². The summed E-state index contributed by atoms with van der Waals surface area (Å²) in [5.41, 5.74) is 6.20. The highest BCUT2D eigenvalue weighted by molar-refractivity contribution is 5.55. The summed E-state index contributed by atoms with van der Waals surface area (Å²) in [6.07, 6.45) is 8.67. The third-order valence-electron chi connectivity index (χ3n) is 4.87. The molecular formula is C25H24N2. The van der Waals surface area contributed by atoms with E-state index in [1.807, 2.05) is 0 Å². The number of hydrogen-bond donors (Lipinski definition) is 0. The molecule has 0 N–H and O–H groups in total. The largest absolute Gasteiger partial charge is 0.270 e. The summed E-state index contributed by atoms with van der Waals surface area (Å²) in [6, 6.07) is 28.1. The molecule has 27 heavy (non-hydrogen) atoms. The molecule has 0 saturated heterocycles. The van der Waals surface area contributed by atoms with Crippen molar-refractivity contribution in [3.8, 4) is 0 Å². The number of rotatable bonds is 4. The average Bonchev–Trinajstić information content (AvgIpc) is 3.13. The van der Waals surface area contributed by atoms with Gasteiger partial charge in [0.15, 0.2) is 0 Å². The van der Waals surface area contributed by atoms with Gasteiger partial charge in [-0.25, -0.2) is 0 Å². The Morgan fingerprint density at radius 1 is 0.741 bits per heavy atom. The Labute approximate surface area is 161 Å². The van der Waals surface area contributed by atoms with E-state index in [4.69, 9.17) is 0 Å². The summed E-state index contributed by atoms with van der Waals surface area (Å²) in [6.45, 7) is 4.24. The van der Waals surface area contributed by atoms with Crippen LogP contribution in [-0.2, 0) is 0 Å². The van der Waals surface area contributed by atoms with Crippen LogP contribution in [0.3, 0.4) is 0 Å². The van der Waals surface area contributed by atoms with Crippen molar-refractivity contribution in [1.29, 1.82) is 0 Å². The number of benzene rings is 3. The van der Waals surface area contributed by atoms with Crippen molar-refractivity contribution in [3.63, 3.8) is 0 Å². The summed E-state index contributed by atoms with van der Waals surface area (Å²) in [5, 5.41) is 4.48. The molecule has 0 bridgehead atoms. The lowest BCUT2D eigenvalue weighted by Crippen LogP contribution is -2.33. The van der Waals surface area contributed by atoms with E-state index in [1.54, 1.807) is 0 Å². The molecule has 0 radical (unpaired) electrons. The highest BCUT2D eigenvalue weighted by atomic mass is 15.6. The van der Waals surface area contributed by atoms with Crippen molar-refractivity contribution in [2.45, 2.75) is 19.9 Å². The Balaban J connectivity index is 1.65. The molecule has 0 fully saturated rings. The molecule has 0 aliphatic carbocycles. The standard InChI is InChI=1S/C25H24N2/c1-20-8-12-22(13-9-20)16-18-26-19-17-25(23-14-10-21(2)11-15-23)27(26)24-6-4-3-5-7-24/h3-19,25H,1-2H3. The van der Waals surface area contributed by atoms with Gasteiger partial charge in [0.2, 0.25) is 0 Å². The fourth-order valence-corrected chi connectivity index (χ4v) is 3.32. The minimum absolute atomic E-state index is 0.177. The first-order valence-electron chi connectivity index (χ1n) is 9.33. The summed E-state index contributed by atoms with van der Waals surface area (Å²) >= 11 is 0. The van der Waals surface area contributed by atoms with Crippen LogP contribution in [0.25, 0.3) is 6.08 Å². The van der Waals surface area contributed by atoms with Crippen LogP contribution in [0.5, 0.6) is 0 Å². The lowest BCUT2D eigenvalue weighted by atomic mass is 10.0. The van der Waals surface area contributed by atoms with Gasteiger partial charge in [-0.1, -0.05) is 77.9 Å². The lowest BCUT2D eigenvalue weighted by Gasteiger charge is -2.33. The SMILES string of the molecule is Cc1ccc(C=CN2C=CC(c3ccc(C)cc3)N2c2ccccc2)cc1. The summed E-state index contributed by atoms with van der Waals surface area (Å²) < 4.78 is 0. The Bertz CT molecular complexity index is 938. The zero-order valence-electron chi connectivity index (χ0n) is 15.8. The molecule has 2 heteroatoms. The number of para-hydroxylation sites is 1. The number of hydrazine groups is 1. The molecule has 0 aromatic heterocycles. The second-order valence-corrected chi connectivity index (χ2v) is 6.98. The Morgan fingerprint density at radius 2 is 1.37 bits per heavy atom. The number of hydrogen-bond acceptors (Lipinski definition) is 2. The zero-order valence-corrected chi connectivity index (χ0v) is 15.8. The van der Waals surface area contributed by atoms with Crippen LogP contribution in [0.2, 0.25) is 0 Å². The summed E-state index contributed by atoms with van der Waals surface area (Å²) in [7, 11) is 0. The fourth-order valence-electron chi connectivity index (χ4n) is 3.32. The van der Waals surface area contributed by atoms with Crippen molar-refractivity contribution in [2.75, 3.05) is 5.01 Å². The second kappa shape index (κ2) is 7.55. The highest BCUT2D eigenvalue weighted by Crippen LogP contribution is 2.35. The predicted octanol–water partition coefficient (Wildman–Crippen LogP) is 6.27. The monoisotopic (exact) mass is 352 g/mol. The number of aryl methyl sites for hydroxylation is 2. The van der Waals surface area contributed by atoms with E-state index in [0.717, 1.165) is 0 Å². The molecule has 2 nitrogen and oxygen atoms in total. The minimum Gasteiger partial charge on any atom is -0.270 e. The van der Waals surface area contributed by atoms with Crippen LogP contribution in [-0.4, -0.2) is 5.01 Å². The van der Waals surface area contributed by atoms with Gasteiger partial charge in [0, 0.05) is 12.4 Å². The maximum atomic E-state index is 2.31. The molecule has 4 rings (SSSR count). The normalized spacial score (nSPS) is 16.4. The molecule has 1 atom stereocenters. The molecule has 0 spiro atoms. The first-order chi connectivity index (χ1) is 13.2. The molecule has 3 aromatic carbocycles. The van der Waals surface area contributed by atoms with Gasteiger partial charge in [-0.2, -0.15) is 0 Å². The van der Waals surface area contributed by atoms with Crippen LogP contribution in [0, 0.1) is 13.8 Å². The lowest BCUT2D eigenvalue weighted by molar-refractivity contribution is 0.465. The summed E-state index contributed by atoms with van der Waals surface area (Å²) in [5.74, 6) is 0. The number of anilines is 1. The first-order valence-corrected chi connectivity index (χ1v) is 9.33. The Hall–Kier alpha value is -3.26. The van der Waals surface area contributed by atoms with E-state index in [-0.39, 0.29) is 6.04 Å². The zero-order chi connectivity index (χ0) is 18.6. The van der Waals surface area contributed by atoms with Crippen LogP contribution in [0.4, 0.5) is 5.69 Å². The van der Waals surface area contributed by atoms with E-state index >= 15 is 0 Å². The predicted molar refractivity (Wildman–Crippen MR) is 114 cm³/mol. The molecule has 0 amide bonds. The first kappa shape index (κ1) is 17.2. The fraction of sp³-hybridized carbons (Fsp3) is 0.120. The van der Waals surface area contributed by atoms with Crippen molar-refractivity contribution in [3.05, 3.63) is 120 Å². The number of nitrogens with zero attached hydrogens (tertiary/aromatic N) is 2. The molecule has 3 aromatic rings. The average molecular weight is 352 g/mol. The maximum Gasteiger partial charge on any atom is 0.0958 e. The van der Waals surface area contributed by atoms with Gasteiger partial charge in [0.05, 0.1) is 11.7 Å². The van der Waals surface area contributed by atoms with E-state index in [9.17, 15) is 0 Å². The van der Waals surface area contributed by atoms with Gasteiger partial charge < -0.3 is 0 Å². The Morgan fingerprint density at radius 3 is 2.04 bits per heavy atom. The smallest absolute Gasteiger partial charge is 0.0958 e. The van der Waals surface area contributed by atoms with Crippen LogP contribution in [0.1, 0.15) is 28.3 Å². The summed E-state index contributed by atoms with van der Waals surface area (Å²) in [4.78, 5) is 0. The maximum absolute atomic E-state index is 2.31. The minimum atomic E-state index is 0.177. The van der Waals surface area contributed by atoms with Crippen molar-refractivity contribution in [2.24, 2.45) is 0 Å². The molecule has 134 valence electrons. The van der Waals surface area contributed by atoms with Gasteiger partial charge in [-0.05, 0) is 49.3 Å². The van der Waals surface area contributed by atoms with Gasteiger partial charge in [0.25, 0.3) is 0 Å². The van der Waals surface area contributed by atoms with E-state index in [0.29, 0.717) is 0 Å². The van der Waals surface area contributed by atoms with Gasteiger partial charge in [0.1, 0.15) is 0 Å². The molecule has 1 aliphatic heterocycles. The van der Waals surface area contributed by atoms with E-state index in [2.05, 4.69) is 127 Å². The topological polar surface area (TPSA) is 6.48 Å². The van der Waals surface area contributed by atoms with E-state index < -0.39 is 0 Å². The molecular weight excluding hydrogens is 328 g/mol. The van der Waals surface area contributed by atoms with Gasteiger partial charge in [-0.3, -0.25) is 10.0 Å². The highest BCUT2D eigenvalue weighted by Gasteiger charge is 2.26. The molecule has 0 saturated carbocycles. The molecule has 1 heterocycles. The third kappa shape index (κ3) is 3.80. The molecule has 1 unspecified atom stereocenters. The van der Waals surface area contributed by atoms with Gasteiger partial charge in [-0.15, -0.1) is 0 Å². The van der Waals surface area contributed by atoms with Gasteiger partial charge >= 0.3 is 0 Å². The molecule has 1 aliphatic rings. The third-order valence-corrected chi connectivity index (χ3v) is 4.87. The van der Waals surface area contributed by atoms with Crippen molar-refractivity contribution in [1.82, 2.24) is 5.01 Å². The quantitative estimate of drug-likeness (QED) is 0.546. The van der Waals surface area contributed by atoms with E-state index in [1.165, 1.54) is 27.9 Å². The Kier molecular flexibility index (Phi) is 4.80. The van der Waals surface area contributed by atoms with Crippen molar-refractivity contribution >= 4 is 11.8 Å². The van der Waals surface area contributed by atoms with Crippen LogP contribution < -0.4 is 5.01 Å². The second-order valence-electron chi connectivity index (χ2n) is 6.98. The van der Waals surface area contributed by atoms with Crippen LogP contribution in [0.15, 0.2) is 97.3 Å².